The molecule has 0 aromatic heterocycles. The molecule has 168 valence electrons. The van der Waals surface area contributed by atoms with Gasteiger partial charge in [-0.15, -0.1) is 0 Å². The Morgan fingerprint density at radius 1 is 0.600 bits per heavy atom. The van der Waals surface area contributed by atoms with Crippen LogP contribution in [0.2, 0.25) is 0 Å². The van der Waals surface area contributed by atoms with Crippen LogP contribution in [0.5, 0.6) is 0 Å². The first kappa shape index (κ1) is 20.7. The first-order valence-corrected chi connectivity index (χ1v) is 13.9. The molecule has 0 fully saturated rings. The van der Waals surface area contributed by atoms with E-state index >= 15 is 4.57 Å². The molecule has 7 rings (SSSR count). The molecule has 0 amide bonds. The molecule has 0 saturated carbocycles. The quantitative estimate of drug-likeness (QED) is 0.241. The Kier molecular flexibility index (Phi) is 4.24. The van der Waals surface area contributed by atoms with Crippen LogP contribution >= 0.6 is 7.14 Å². The summed E-state index contributed by atoms with van der Waals surface area (Å²) in [5.74, 6) is 0. The second kappa shape index (κ2) is 7.17. The predicted molar refractivity (Wildman–Crippen MR) is 149 cm³/mol. The van der Waals surface area contributed by atoms with Crippen molar-refractivity contribution in [2.75, 3.05) is 0 Å². The fourth-order valence-corrected chi connectivity index (χ4v) is 9.41. The summed E-state index contributed by atoms with van der Waals surface area (Å²) < 4.78 is 15.7. The van der Waals surface area contributed by atoms with Gasteiger partial charge in [-0.2, -0.15) is 0 Å². The molecule has 1 heterocycles. The van der Waals surface area contributed by atoms with Crippen molar-refractivity contribution >= 4 is 45.0 Å². The van der Waals surface area contributed by atoms with Crippen molar-refractivity contribution in [3.63, 3.8) is 0 Å². The maximum absolute atomic E-state index is 15.7. The maximum atomic E-state index is 15.7. The molecule has 1 atom stereocenters. The van der Waals surface area contributed by atoms with E-state index in [4.69, 9.17) is 0 Å². The van der Waals surface area contributed by atoms with Gasteiger partial charge >= 0.3 is 0 Å². The summed E-state index contributed by atoms with van der Waals surface area (Å²) in [6.45, 7) is 4.63. The smallest absolute Gasteiger partial charge is 0.172 e. The highest BCUT2D eigenvalue weighted by molar-refractivity contribution is 7.85. The third kappa shape index (κ3) is 2.62. The maximum Gasteiger partial charge on any atom is 0.172 e. The molecule has 0 saturated heterocycles. The summed E-state index contributed by atoms with van der Waals surface area (Å²) in [6.07, 6.45) is 0. The van der Waals surface area contributed by atoms with E-state index in [1.807, 2.05) is 36.4 Å². The van der Waals surface area contributed by atoms with E-state index in [9.17, 15) is 0 Å². The summed E-state index contributed by atoms with van der Waals surface area (Å²) in [6, 6.07) is 40.0. The lowest BCUT2D eigenvalue weighted by atomic mass is 9.78. The average molecular weight is 469 g/mol. The zero-order chi connectivity index (χ0) is 23.8. The molecule has 0 bridgehead atoms. The first-order valence-electron chi connectivity index (χ1n) is 12.2. The molecule has 0 radical (unpaired) electrons. The lowest BCUT2D eigenvalue weighted by Crippen LogP contribution is -2.29. The Balaban J connectivity index is 1.76. The third-order valence-corrected chi connectivity index (χ3v) is 11.0. The van der Waals surface area contributed by atoms with Crippen LogP contribution in [0.25, 0.3) is 21.9 Å². The molecule has 0 spiro atoms. The van der Waals surface area contributed by atoms with Crippen molar-refractivity contribution in [2.24, 2.45) is 0 Å². The number of benzene rings is 5. The van der Waals surface area contributed by atoms with Gasteiger partial charge in [-0.3, -0.25) is 0 Å². The van der Waals surface area contributed by atoms with Crippen LogP contribution in [0.4, 0.5) is 0 Å². The molecule has 1 aliphatic carbocycles. The van der Waals surface area contributed by atoms with Crippen LogP contribution in [0.3, 0.4) is 0 Å². The monoisotopic (exact) mass is 468 g/mol. The van der Waals surface area contributed by atoms with E-state index in [1.54, 1.807) is 0 Å². The summed E-state index contributed by atoms with van der Waals surface area (Å²) in [7, 11) is -3.16. The average Bonchev–Trinajstić information content (AvgIpc) is 3.08. The van der Waals surface area contributed by atoms with Crippen molar-refractivity contribution < 1.29 is 4.57 Å². The summed E-state index contributed by atoms with van der Waals surface area (Å²) >= 11 is 0. The minimum absolute atomic E-state index is 0.220. The topological polar surface area (TPSA) is 17.1 Å². The SMILES string of the molecule is CC1(C)C2=C(c3ccccc31)c1c(ccc3ccccc13)P(=O)(c1ccccc1)c1ccccc12. The minimum atomic E-state index is -3.16. The van der Waals surface area contributed by atoms with E-state index in [-0.39, 0.29) is 5.41 Å². The van der Waals surface area contributed by atoms with Crippen molar-refractivity contribution in [2.45, 2.75) is 19.3 Å². The zero-order valence-electron chi connectivity index (χ0n) is 19.8. The zero-order valence-corrected chi connectivity index (χ0v) is 20.7. The number of hydrogen-bond acceptors (Lipinski definition) is 1. The first-order chi connectivity index (χ1) is 17.0. The Labute approximate surface area is 206 Å². The Morgan fingerprint density at radius 2 is 1.26 bits per heavy atom. The minimum Gasteiger partial charge on any atom is -0.309 e. The van der Waals surface area contributed by atoms with Crippen molar-refractivity contribution in [3.05, 3.63) is 138 Å². The van der Waals surface area contributed by atoms with Crippen LogP contribution in [-0.4, -0.2) is 0 Å². The number of allylic oxidation sites excluding steroid dienone is 1. The molecule has 5 aromatic carbocycles. The van der Waals surface area contributed by atoms with E-state index < -0.39 is 7.14 Å². The van der Waals surface area contributed by atoms with Crippen LogP contribution in [0.1, 0.15) is 36.1 Å². The van der Waals surface area contributed by atoms with Gasteiger partial charge in [0, 0.05) is 26.9 Å². The number of fused-ring (bicyclic) bond motifs is 8. The van der Waals surface area contributed by atoms with Gasteiger partial charge < -0.3 is 4.57 Å². The molecule has 35 heavy (non-hydrogen) atoms. The van der Waals surface area contributed by atoms with Gasteiger partial charge in [0.2, 0.25) is 0 Å². The highest BCUT2D eigenvalue weighted by atomic mass is 31.2. The lowest BCUT2D eigenvalue weighted by molar-refractivity contribution is 0.592. The van der Waals surface area contributed by atoms with Gasteiger partial charge in [0.1, 0.15) is 0 Å². The largest absolute Gasteiger partial charge is 0.309 e. The second-order valence-electron chi connectivity index (χ2n) is 10.1. The fourth-order valence-electron chi connectivity index (χ4n) is 6.35. The number of hydrogen-bond donors (Lipinski definition) is 0. The molecule has 0 N–H and O–H groups in total. The second-order valence-corrected chi connectivity index (χ2v) is 12.8. The molecule has 1 nitrogen and oxygen atoms in total. The molecule has 2 heteroatoms. The summed E-state index contributed by atoms with van der Waals surface area (Å²) in [5, 5.41) is 5.09. The Bertz CT molecular complexity index is 1740. The highest BCUT2D eigenvalue weighted by Gasteiger charge is 2.46. The van der Waals surface area contributed by atoms with Crippen molar-refractivity contribution in [1.82, 2.24) is 0 Å². The van der Waals surface area contributed by atoms with E-state index in [0.29, 0.717) is 0 Å². The summed E-state index contributed by atoms with van der Waals surface area (Å²) in [5.41, 5.74) is 7.11. The molecule has 5 aromatic rings. The van der Waals surface area contributed by atoms with Crippen LogP contribution in [0, 0.1) is 0 Å². The predicted octanol–water partition coefficient (Wildman–Crippen LogP) is 7.04. The van der Waals surface area contributed by atoms with Crippen molar-refractivity contribution in [1.29, 1.82) is 0 Å². The normalized spacial score (nSPS) is 19.5. The lowest BCUT2D eigenvalue weighted by Gasteiger charge is -2.28. The standard InChI is InChI=1S/C33H25OP/c1-33(2)27-18-10-8-16-25(27)31-30-24-15-7-6-12-22(24)20-21-29(30)35(34,23-13-4-3-5-14-23)28-19-11-9-17-26(28)32(31)33/h3-21H,1-2H3. The van der Waals surface area contributed by atoms with Crippen LogP contribution in [-0.2, 0) is 9.98 Å². The van der Waals surface area contributed by atoms with E-state index in [2.05, 4.69) is 92.7 Å². The third-order valence-electron chi connectivity index (χ3n) is 7.87. The van der Waals surface area contributed by atoms with Gasteiger partial charge in [-0.05, 0) is 44.7 Å². The van der Waals surface area contributed by atoms with Gasteiger partial charge in [-0.25, -0.2) is 0 Å². The number of rotatable bonds is 1. The Hall–Kier alpha value is -3.67. The molecule has 1 unspecified atom stereocenters. The van der Waals surface area contributed by atoms with Gasteiger partial charge in [-0.1, -0.05) is 123 Å². The molecular formula is C33H25OP. The highest BCUT2D eigenvalue weighted by Crippen LogP contribution is 2.59. The van der Waals surface area contributed by atoms with Gasteiger partial charge in [0.05, 0.1) is 0 Å². The summed E-state index contributed by atoms with van der Waals surface area (Å²) in [4.78, 5) is 0. The van der Waals surface area contributed by atoms with E-state index in [1.165, 1.54) is 27.7 Å². The van der Waals surface area contributed by atoms with Crippen LogP contribution in [0.15, 0.2) is 115 Å². The Morgan fingerprint density at radius 3 is 2.09 bits per heavy atom. The molecular weight excluding hydrogens is 443 g/mol. The van der Waals surface area contributed by atoms with E-state index in [0.717, 1.165) is 32.4 Å². The van der Waals surface area contributed by atoms with Gasteiger partial charge in [0.15, 0.2) is 7.14 Å². The molecule has 1 aliphatic heterocycles. The van der Waals surface area contributed by atoms with Gasteiger partial charge in [0.25, 0.3) is 0 Å². The van der Waals surface area contributed by atoms with Crippen LogP contribution < -0.4 is 15.9 Å². The fraction of sp³-hybridized carbons (Fsp3) is 0.0909. The van der Waals surface area contributed by atoms with Crippen molar-refractivity contribution in [3.8, 4) is 0 Å². The molecule has 2 aliphatic rings.